The molecule has 0 unspecified atom stereocenters. The average Bonchev–Trinajstić information content (AvgIpc) is 2.53. The van der Waals surface area contributed by atoms with Gasteiger partial charge in [0.05, 0.1) is 23.1 Å². The van der Waals surface area contributed by atoms with E-state index in [4.69, 9.17) is 0 Å². The van der Waals surface area contributed by atoms with Crippen LogP contribution < -0.4 is 0 Å². The van der Waals surface area contributed by atoms with E-state index in [-0.39, 0.29) is 18.7 Å². The van der Waals surface area contributed by atoms with Gasteiger partial charge in [0.1, 0.15) is 5.69 Å². The molecular weight excluding hydrogens is 295 g/mol. The standard InChI is InChI=1S/C15H14F3N3O/c16-15(17,18)10-4-3-7-21(9-10)14(22)13-8-19-11-5-1-2-6-12(11)20-13/h1-2,5-6,8,10H,3-4,7,9H2/t10-/m0/s1. The van der Waals surface area contributed by atoms with Crippen LogP contribution in [0.15, 0.2) is 30.5 Å². The number of fused-ring (bicyclic) bond motifs is 1. The van der Waals surface area contributed by atoms with Crippen LogP contribution in [0.4, 0.5) is 13.2 Å². The number of nitrogens with zero attached hydrogens (tertiary/aromatic N) is 3. The van der Waals surface area contributed by atoms with Gasteiger partial charge in [0.2, 0.25) is 0 Å². The number of alkyl halides is 3. The van der Waals surface area contributed by atoms with Crippen LogP contribution >= 0.6 is 0 Å². The quantitative estimate of drug-likeness (QED) is 0.813. The van der Waals surface area contributed by atoms with E-state index in [9.17, 15) is 18.0 Å². The minimum Gasteiger partial charge on any atom is -0.337 e. The first-order chi connectivity index (χ1) is 10.4. The number of carbonyl (C=O) groups is 1. The molecule has 1 saturated heterocycles. The molecule has 1 aliphatic rings. The summed E-state index contributed by atoms with van der Waals surface area (Å²) < 4.78 is 38.5. The molecule has 116 valence electrons. The molecule has 0 aliphatic carbocycles. The van der Waals surface area contributed by atoms with Crippen molar-refractivity contribution < 1.29 is 18.0 Å². The van der Waals surface area contributed by atoms with Crippen molar-refractivity contribution >= 4 is 16.9 Å². The first kappa shape index (κ1) is 14.7. The predicted molar refractivity (Wildman–Crippen MR) is 74.2 cm³/mol. The normalized spacial score (nSPS) is 19.4. The third kappa shape index (κ3) is 2.88. The van der Waals surface area contributed by atoms with Gasteiger partial charge in [-0.15, -0.1) is 0 Å². The molecule has 0 N–H and O–H groups in total. The van der Waals surface area contributed by atoms with E-state index in [1.165, 1.54) is 11.1 Å². The number of aromatic nitrogens is 2. The number of piperidine rings is 1. The Balaban J connectivity index is 1.82. The highest BCUT2D eigenvalue weighted by atomic mass is 19.4. The summed E-state index contributed by atoms with van der Waals surface area (Å²) in [6, 6.07) is 7.05. The first-order valence-corrected chi connectivity index (χ1v) is 7.03. The van der Waals surface area contributed by atoms with Crippen LogP contribution in [0.25, 0.3) is 11.0 Å². The van der Waals surface area contributed by atoms with Crippen molar-refractivity contribution in [2.24, 2.45) is 5.92 Å². The second-order valence-electron chi connectivity index (χ2n) is 5.38. The van der Waals surface area contributed by atoms with E-state index < -0.39 is 18.0 Å². The van der Waals surface area contributed by atoms with Crippen LogP contribution in [0.5, 0.6) is 0 Å². The molecule has 3 rings (SSSR count). The minimum atomic E-state index is -4.27. The summed E-state index contributed by atoms with van der Waals surface area (Å²) in [6.45, 7) is 0.0107. The van der Waals surface area contributed by atoms with Crippen molar-refractivity contribution in [1.29, 1.82) is 0 Å². The zero-order chi connectivity index (χ0) is 15.7. The zero-order valence-electron chi connectivity index (χ0n) is 11.7. The molecule has 7 heteroatoms. The highest BCUT2D eigenvalue weighted by Crippen LogP contribution is 2.33. The molecule has 1 atom stereocenters. The summed E-state index contributed by atoms with van der Waals surface area (Å²) >= 11 is 0. The van der Waals surface area contributed by atoms with Gasteiger partial charge in [0.15, 0.2) is 0 Å². The molecule has 2 aromatic rings. The molecule has 1 aromatic carbocycles. The highest BCUT2D eigenvalue weighted by molar-refractivity contribution is 5.93. The largest absolute Gasteiger partial charge is 0.393 e. The Morgan fingerprint density at radius 1 is 1.23 bits per heavy atom. The Morgan fingerprint density at radius 2 is 1.95 bits per heavy atom. The van der Waals surface area contributed by atoms with Gasteiger partial charge in [-0.3, -0.25) is 9.78 Å². The van der Waals surface area contributed by atoms with Crippen molar-refractivity contribution in [3.63, 3.8) is 0 Å². The predicted octanol–water partition coefficient (Wildman–Crippen LogP) is 3.04. The van der Waals surface area contributed by atoms with Crippen LogP contribution in [0.2, 0.25) is 0 Å². The Bertz CT molecular complexity index is 702. The molecular formula is C15H14F3N3O. The topological polar surface area (TPSA) is 46.1 Å². The lowest BCUT2D eigenvalue weighted by Gasteiger charge is -2.33. The van der Waals surface area contributed by atoms with Gasteiger partial charge >= 0.3 is 6.18 Å². The fourth-order valence-corrected chi connectivity index (χ4v) is 2.65. The third-order valence-corrected chi connectivity index (χ3v) is 3.84. The summed E-state index contributed by atoms with van der Waals surface area (Å²) in [4.78, 5) is 21.9. The summed E-state index contributed by atoms with van der Waals surface area (Å²) in [6.07, 6.45) is -2.54. The van der Waals surface area contributed by atoms with E-state index in [0.29, 0.717) is 24.0 Å². The van der Waals surface area contributed by atoms with Gasteiger partial charge < -0.3 is 4.90 Å². The maximum atomic E-state index is 12.8. The lowest BCUT2D eigenvalue weighted by atomic mass is 9.97. The second kappa shape index (κ2) is 5.55. The van der Waals surface area contributed by atoms with Crippen LogP contribution in [-0.4, -0.2) is 40.0 Å². The molecule has 1 amide bonds. The SMILES string of the molecule is O=C(c1cnc2ccccc2n1)N1CCC[C@H](C(F)(F)F)C1. The van der Waals surface area contributed by atoms with E-state index in [0.717, 1.165) is 0 Å². The van der Waals surface area contributed by atoms with E-state index >= 15 is 0 Å². The maximum Gasteiger partial charge on any atom is 0.393 e. The number of benzene rings is 1. The summed E-state index contributed by atoms with van der Waals surface area (Å²) in [5.74, 6) is -1.95. The van der Waals surface area contributed by atoms with E-state index in [1.54, 1.807) is 24.3 Å². The Morgan fingerprint density at radius 3 is 2.68 bits per heavy atom. The molecule has 1 aliphatic heterocycles. The highest BCUT2D eigenvalue weighted by Gasteiger charge is 2.42. The fourth-order valence-electron chi connectivity index (χ4n) is 2.65. The third-order valence-electron chi connectivity index (χ3n) is 3.84. The minimum absolute atomic E-state index is 0.0661. The average molecular weight is 309 g/mol. The lowest BCUT2D eigenvalue weighted by molar-refractivity contribution is -0.184. The molecule has 1 fully saturated rings. The molecule has 2 heterocycles. The van der Waals surface area contributed by atoms with Crippen molar-refractivity contribution in [3.05, 3.63) is 36.2 Å². The van der Waals surface area contributed by atoms with Gasteiger partial charge in [-0.1, -0.05) is 12.1 Å². The summed E-state index contributed by atoms with van der Waals surface area (Å²) in [5, 5.41) is 0. The first-order valence-electron chi connectivity index (χ1n) is 7.03. The molecule has 22 heavy (non-hydrogen) atoms. The van der Waals surface area contributed by atoms with Crippen molar-refractivity contribution in [3.8, 4) is 0 Å². The number of hydrogen-bond acceptors (Lipinski definition) is 3. The van der Waals surface area contributed by atoms with Crippen LogP contribution in [0.1, 0.15) is 23.3 Å². The second-order valence-corrected chi connectivity index (χ2v) is 5.38. The number of halogens is 3. The van der Waals surface area contributed by atoms with Crippen LogP contribution in [0, 0.1) is 5.92 Å². The molecule has 0 spiro atoms. The number of amides is 1. The Labute approximate surface area is 125 Å². The number of carbonyl (C=O) groups excluding carboxylic acids is 1. The molecule has 0 saturated carbocycles. The fraction of sp³-hybridized carbons (Fsp3) is 0.400. The van der Waals surface area contributed by atoms with E-state index in [2.05, 4.69) is 9.97 Å². The Hall–Kier alpha value is -2.18. The van der Waals surface area contributed by atoms with Crippen LogP contribution in [0.3, 0.4) is 0 Å². The van der Waals surface area contributed by atoms with Gasteiger partial charge in [0, 0.05) is 13.1 Å². The number of likely N-dealkylation sites (tertiary alicyclic amines) is 1. The number of para-hydroxylation sites is 2. The van der Waals surface area contributed by atoms with Crippen molar-refractivity contribution in [2.75, 3.05) is 13.1 Å². The van der Waals surface area contributed by atoms with Gasteiger partial charge in [0.25, 0.3) is 5.91 Å². The number of rotatable bonds is 1. The monoisotopic (exact) mass is 309 g/mol. The number of hydrogen-bond donors (Lipinski definition) is 0. The maximum absolute atomic E-state index is 12.8. The summed E-state index contributed by atoms with van der Waals surface area (Å²) in [5.41, 5.74) is 1.28. The van der Waals surface area contributed by atoms with E-state index in [1.807, 2.05) is 0 Å². The molecule has 1 aromatic heterocycles. The van der Waals surface area contributed by atoms with Crippen molar-refractivity contribution in [1.82, 2.24) is 14.9 Å². The summed E-state index contributed by atoms with van der Waals surface area (Å²) in [7, 11) is 0. The van der Waals surface area contributed by atoms with Gasteiger partial charge in [-0.2, -0.15) is 13.2 Å². The Kier molecular flexibility index (Phi) is 3.72. The smallest absolute Gasteiger partial charge is 0.337 e. The molecule has 0 bridgehead atoms. The van der Waals surface area contributed by atoms with Gasteiger partial charge in [-0.05, 0) is 25.0 Å². The molecule has 4 nitrogen and oxygen atoms in total. The van der Waals surface area contributed by atoms with Crippen LogP contribution in [-0.2, 0) is 0 Å². The van der Waals surface area contributed by atoms with Gasteiger partial charge in [-0.25, -0.2) is 4.98 Å². The lowest BCUT2D eigenvalue weighted by Crippen LogP contribution is -2.44. The molecule has 0 radical (unpaired) electrons. The van der Waals surface area contributed by atoms with Crippen molar-refractivity contribution in [2.45, 2.75) is 19.0 Å². The zero-order valence-corrected chi connectivity index (χ0v) is 11.7.